The van der Waals surface area contributed by atoms with Crippen molar-refractivity contribution in [1.82, 2.24) is 9.88 Å². The van der Waals surface area contributed by atoms with Gasteiger partial charge in [0.1, 0.15) is 17.2 Å². The van der Waals surface area contributed by atoms with Crippen LogP contribution in [-0.4, -0.2) is 34.9 Å². The Morgan fingerprint density at radius 1 is 1.24 bits per heavy atom. The van der Waals surface area contributed by atoms with Gasteiger partial charge in [-0.3, -0.25) is 14.7 Å². The van der Waals surface area contributed by atoms with E-state index in [9.17, 15) is 10.1 Å². The second-order valence-corrected chi connectivity index (χ2v) is 9.47. The maximum Gasteiger partial charge on any atom is 0.241 e. The van der Waals surface area contributed by atoms with E-state index in [-0.39, 0.29) is 18.0 Å². The van der Waals surface area contributed by atoms with Crippen LogP contribution in [0.5, 0.6) is 5.75 Å². The molecule has 1 aliphatic heterocycles. The highest BCUT2D eigenvalue weighted by Crippen LogP contribution is 2.47. The Labute approximate surface area is 197 Å². The van der Waals surface area contributed by atoms with Crippen LogP contribution in [0.1, 0.15) is 42.8 Å². The van der Waals surface area contributed by atoms with Gasteiger partial charge in [-0.1, -0.05) is 12.1 Å². The van der Waals surface area contributed by atoms with Crippen LogP contribution in [0.3, 0.4) is 0 Å². The third-order valence-corrected chi connectivity index (χ3v) is 7.00. The van der Waals surface area contributed by atoms with Crippen molar-refractivity contribution < 1.29 is 9.53 Å². The van der Waals surface area contributed by atoms with Crippen molar-refractivity contribution in [3.05, 3.63) is 70.9 Å². The zero-order chi connectivity index (χ0) is 23.8. The highest BCUT2D eigenvalue weighted by Gasteiger charge is 2.48. The standard InChI is InChI=1S/C25H25N5O2S/c1-15(2)32-18-8-9-19(28-14-18)22-23(31)30(4)24(27)29-25(22,3)21-11-10-20(33-21)17-7-5-6-16(12-17)13-26/h5-12,14-15,22H,1-4H3,(H2,27,29)/t22-,25+/m0/s1. The van der Waals surface area contributed by atoms with Gasteiger partial charge in [-0.25, -0.2) is 4.99 Å². The van der Waals surface area contributed by atoms with Crippen molar-refractivity contribution in [3.8, 4) is 22.3 Å². The van der Waals surface area contributed by atoms with Crippen molar-refractivity contribution in [2.45, 2.75) is 38.3 Å². The van der Waals surface area contributed by atoms with Gasteiger partial charge in [0.2, 0.25) is 5.91 Å². The molecule has 0 saturated carbocycles. The molecule has 0 unspecified atom stereocenters. The average Bonchev–Trinajstić information content (AvgIpc) is 3.30. The molecule has 2 N–H and O–H groups in total. The summed E-state index contributed by atoms with van der Waals surface area (Å²) >= 11 is 1.53. The van der Waals surface area contributed by atoms with E-state index in [1.807, 2.05) is 63.2 Å². The first-order valence-electron chi connectivity index (χ1n) is 10.6. The predicted molar refractivity (Wildman–Crippen MR) is 129 cm³/mol. The second kappa shape index (κ2) is 8.68. The van der Waals surface area contributed by atoms with Crippen molar-refractivity contribution in [2.24, 2.45) is 10.7 Å². The summed E-state index contributed by atoms with van der Waals surface area (Å²) in [6.07, 6.45) is 1.66. The van der Waals surface area contributed by atoms with Crippen LogP contribution < -0.4 is 10.5 Å². The fourth-order valence-corrected chi connectivity index (χ4v) is 5.07. The summed E-state index contributed by atoms with van der Waals surface area (Å²) in [5.74, 6) is -0.0119. The molecule has 2 atom stereocenters. The normalized spacial score (nSPS) is 20.5. The molecule has 168 valence electrons. The monoisotopic (exact) mass is 459 g/mol. The highest BCUT2D eigenvalue weighted by atomic mass is 32.1. The number of ether oxygens (including phenoxy) is 1. The fourth-order valence-electron chi connectivity index (χ4n) is 3.95. The van der Waals surface area contributed by atoms with Crippen LogP contribution in [0.15, 0.2) is 59.7 Å². The summed E-state index contributed by atoms with van der Waals surface area (Å²) < 4.78 is 5.70. The van der Waals surface area contributed by atoms with E-state index in [1.165, 1.54) is 16.2 Å². The number of carbonyl (C=O) groups excluding carboxylic acids is 1. The summed E-state index contributed by atoms with van der Waals surface area (Å²) in [7, 11) is 1.62. The summed E-state index contributed by atoms with van der Waals surface area (Å²) in [4.78, 5) is 26.0. The van der Waals surface area contributed by atoms with E-state index in [2.05, 4.69) is 11.1 Å². The first-order chi connectivity index (χ1) is 15.7. The SMILES string of the molecule is CC(C)Oc1ccc([C@H]2C(=O)N(C)C(N)=N[C@]2(C)c2ccc(-c3cccc(C#N)c3)s2)nc1. The number of hydrogen-bond acceptors (Lipinski definition) is 7. The number of nitrogens with zero attached hydrogens (tertiary/aromatic N) is 4. The smallest absolute Gasteiger partial charge is 0.241 e. The Kier molecular flexibility index (Phi) is 5.91. The molecule has 3 heterocycles. The quantitative estimate of drug-likeness (QED) is 0.614. The lowest BCUT2D eigenvalue weighted by molar-refractivity contribution is -0.130. The number of nitrogens with two attached hydrogens (primary N) is 1. The minimum absolute atomic E-state index is 0.0267. The molecule has 2 aromatic heterocycles. The molecule has 0 saturated heterocycles. The molecule has 0 aliphatic carbocycles. The van der Waals surface area contributed by atoms with Crippen molar-refractivity contribution in [2.75, 3.05) is 7.05 Å². The molecular formula is C25H25N5O2S. The molecule has 1 aliphatic rings. The van der Waals surface area contributed by atoms with Crippen molar-refractivity contribution in [1.29, 1.82) is 5.26 Å². The molecule has 0 bridgehead atoms. The summed E-state index contributed by atoms with van der Waals surface area (Å²) in [6.45, 7) is 5.81. The number of benzene rings is 1. The first kappa shape index (κ1) is 22.5. The molecule has 1 amide bonds. The number of amides is 1. The molecule has 0 fully saturated rings. The molecule has 0 spiro atoms. The average molecular weight is 460 g/mol. The maximum absolute atomic E-state index is 13.4. The predicted octanol–water partition coefficient (Wildman–Crippen LogP) is 4.25. The van der Waals surface area contributed by atoms with E-state index < -0.39 is 11.5 Å². The lowest BCUT2D eigenvalue weighted by Crippen LogP contribution is -2.52. The van der Waals surface area contributed by atoms with Gasteiger partial charge < -0.3 is 10.5 Å². The van der Waals surface area contributed by atoms with E-state index in [1.54, 1.807) is 19.3 Å². The second-order valence-electron chi connectivity index (χ2n) is 8.39. The van der Waals surface area contributed by atoms with Gasteiger partial charge in [-0.05, 0) is 62.7 Å². The Bertz CT molecular complexity index is 1260. The fraction of sp³-hybridized carbons (Fsp3) is 0.280. The molecule has 3 aromatic rings. The Balaban J connectivity index is 1.78. The molecule has 8 heteroatoms. The minimum Gasteiger partial charge on any atom is -0.489 e. The summed E-state index contributed by atoms with van der Waals surface area (Å²) in [5, 5.41) is 9.23. The molecule has 7 nitrogen and oxygen atoms in total. The van der Waals surface area contributed by atoms with Gasteiger partial charge in [-0.15, -0.1) is 11.3 Å². The number of thiophene rings is 1. The summed E-state index contributed by atoms with van der Waals surface area (Å²) in [5.41, 5.74) is 7.34. The zero-order valence-electron chi connectivity index (χ0n) is 18.9. The lowest BCUT2D eigenvalue weighted by Gasteiger charge is -2.39. The lowest BCUT2D eigenvalue weighted by atomic mass is 9.80. The third kappa shape index (κ3) is 4.20. The van der Waals surface area contributed by atoms with E-state index >= 15 is 0 Å². The summed E-state index contributed by atoms with van der Waals surface area (Å²) in [6, 6.07) is 17.2. The number of carbonyl (C=O) groups is 1. The molecule has 33 heavy (non-hydrogen) atoms. The zero-order valence-corrected chi connectivity index (χ0v) is 19.8. The van der Waals surface area contributed by atoms with E-state index in [0.717, 1.165) is 15.3 Å². The number of hydrogen-bond donors (Lipinski definition) is 1. The molecule has 1 aromatic carbocycles. The Morgan fingerprint density at radius 3 is 2.70 bits per heavy atom. The highest BCUT2D eigenvalue weighted by molar-refractivity contribution is 7.15. The van der Waals surface area contributed by atoms with Gasteiger partial charge in [0.25, 0.3) is 0 Å². The molecular weight excluding hydrogens is 434 g/mol. The van der Waals surface area contributed by atoms with Crippen LogP contribution in [-0.2, 0) is 10.3 Å². The van der Waals surface area contributed by atoms with Crippen LogP contribution in [0.2, 0.25) is 0 Å². The van der Waals surface area contributed by atoms with Crippen LogP contribution in [0.4, 0.5) is 0 Å². The van der Waals surface area contributed by atoms with Crippen LogP contribution in [0.25, 0.3) is 10.4 Å². The third-order valence-electron chi connectivity index (χ3n) is 5.64. The van der Waals surface area contributed by atoms with Gasteiger partial charge in [-0.2, -0.15) is 5.26 Å². The number of aliphatic imine (C=N–C) groups is 1. The van der Waals surface area contributed by atoms with Crippen molar-refractivity contribution >= 4 is 23.2 Å². The van der Waals surface area contributed by atoms with Crippen LogP contribution in [0, 0.1) is 11.3 Å². The number of rotatable bonds is 5. The maximum atomic E-state index is 13.4. The van der Waals surface area contributed by atoms with Crippen molar-refractivity contribution in [3.63, 3.8) is 0 Å². The number of likely N-dealkylation sites (N-methyl/N-ethyl adjacent to an activating group) is 1. The number of guanidine groups is 1. The van der Waals surface area contributed by atoms with Gasteiger partial charge in [0.05, 0.1) is 29.6 Å². The van der Waals surface area contributed by atoms with Gasteiger partial charge >= 0.3 is 0 Å². The van der Waals surface area contributed by atoms with Gasteiger partial charge in [0.15, 0.2) is 5.96 Å². The Hall–Kier alpha value is -3.70. The first-order valence-corrected chi connectivity index (χ1v) is 11.4. The van der Waals surface area contributed by atoms with Crippen LogP contribution >= 0.6 is 11.3 Å². The Morgan fingerprint density at radius 2 is 2.03 bits per heavy atom. The van der Waals surface area contributed by atoms with Gasteiger partial charge in [0, 0.05) is 16.8 Å². The van der Waals surface area contributed by atoms with E-state index in [0.29, 0.717) is 17.0 Å². The topological polar surface area (TPSA) is 105 Å². The largest absolute Gasteiger partial charge is 0.489 e. The number of pyridine rings is 1. The number of aromatic nitrogens is 1. The number of nitriles is 1. The molecule has 0 radical (unpaired) electrons. The van der Waals surface area contributed by atoms with E-state index in [4.69, 9.17) is 15.5 Å². The minimum atomic E-state index is -0.934. The molecule has 4 rings (SSSR count).